The molecule has 1 amide bonds. The average Bonchev–Trinajstić information content (AvgIpc) is 3.13. The number of rotatable bonds is 20. The molecule has 0 radical (unpaired) electrons. The number of non-ortho nitro benzene ring substituents is 1. The average molecular weight is 670 g/mol. The standard InChI is InChI=1S/C40H50N2O5P/c1-41(38(32-43)40(45)33-27-29-34(30-28-33)42(46)47)39(44)26-18-7-5-3-2-4-6-8-19-31-48(35-20-12-9-13-21-35,36-22-14-10-15-23-36)37-24-16-11-17-25-37/h9-17,20-25,27-30,38,40,43,45H,2-8,18-19,26,31-32H2,1H3/q+1. The van der Waals surface area contributed by atoms with Crippen molar-refractivity contribution in [2.24, 2.45) is 0 Å². The summed E-state index contributed by atoms with van der Waals surface area (Å²) < 4.78 is 0. The van der Waals surface area contributed by atoms with Gasteiger partial charge in [-0.3, -0.25) is 14.9 Å². The maximum atomic E-state index is 12.8. The van der Waals surface area contributed by atoms with Gasteiger partial charge in [0.1, 0.15) is 29.3 Å². The Morgan fingerprint density at radius 3 is 1.52 bits per heavy atom. The highest BCUT2D eigenvalue weighted by Gasteiger charge is 2.44. The highest BCUT2D eigenvalue weighted by molar-refractivity contribution is 7.95. The molecule has 0 aliphatic heterocycles. The lowest BCUT2D eigenvalue weighted by atomic mass is 10.0. The first-order valence-electron chi connectivity index (χ1n) is 17.2. The summed E-state index contributed by atoms with van der Waals surface area (Å²) in [6.07, 6.45) is 10.4. The van der Waals surface area contributed by atoms with Crippen molar-refractivity contribution in [1.29, 1.82) is 0 Å². The predicted octanol–water partition coefficient (Wildman–Crippen LogP) is 7.34. The van der Waals surface area contributed by atoms with Gasteiger partial charge in [0, 0.05) is 25.6 Å². The van der Waals surface area contributed by atoms with Crippen molar-refractivity contribution in [3.05, 3.63) is 131 Å². The number of carbonyl (C=O) groups is 1. The van der Waals surface area contributed by atoms with Gasteiger partial charge in [-0.15, -0.1) is 0 Å². The normalized spacial score (nSPS) is 12.7. The Hall–Kier alpha value is -3.90. The third-order valence-corrected chi connectivity index (χ3v) is 13.9. The third-order valence-electron chi connectivity index (χ3n) is 9.36. The van der Waals surface area contributed by atoms with E-state index in [2.05, 4.69) is 91.0 Å². The molecule has 7 nitrogen and oxygen atoms in total. The minimum absolute atomic E-state index is 0.0790. The molecule has 0 saturated heterocycles. The molecule has 0 aliphatic rings. The first kappa shape index (κ1) is 36.9. The van der Waals surface area contributed by atoms with Crippen molar-refractivity contribution in [2.75, 3.05) is 19.8 Å². The summed E-state index contributed by atoms with van der Waals surface area (Å²) in [6.45, 7) is -0.409. The monoisotopic (exact) mass is 669 g/mol. The Morgan fingerprint density at radius 1 is 0.688 bits per heavy atom. The predicted molar refractivity (Wildman–Crippen MR) is 198 cm³/mol. The fraction of sp³-hybridized carbons (Fsp3) is 0.375. The Bertz CT molecular complexity index is 1420. The lowest BCUT2D eigenvalue weighted by Crippen LogP contribution is -2.43. The van der Waals surface area contributed by atoms with E-state index in [0.717, 1.165) is 31.8 Å². The quantitative estimate of drug-likeness (QED) is 0.0444. The topological polar surface area (TPSA) is 104 Å². The van der Waals surface area contributed by atoms with Crippen LogP contribution in [0.15, 0.2) is 115 Å². The van der Waals surface area contributed by atoms with Gasteiger partial charge in [0.15, 0.2) is 0 Å². The number of benzene rings is 4. The van der Waals surface area contributed by atoms with Crippen LogP contribution in [0.25, 0.3) is 0 Å². The van der Waals surface area contributed by atoms with Crippen LogP contribution in [0.3, 0.4) is 0 Å². The van der Waals surface area contributed by atoms with E-state index in [9.17, 15) is 25.1 Å². The number of aliphatic hydroxyl groups is 2. The summed E-state index contributed by atoms with van der Waals surface area (Å²) in [6, 6.07) is 38.0. The molecule has 2 unspecified atom stereocenters. The molecule has 48 heavy (non-hydrogen) atoms. The Balaban J connectivity index is 1.17. The summed E-state index contributed by atoms with van der Waals surface area (Å²) in [5.74, 6) is -0.129. The smallest absolute Gasteiger partial charge is 0.269 e. The minimum atomic E-state index is -1.76. The molecule has 0 bridgehead atoms. The number of nitrogens with zero attached hydrogens (tertiary/aromatic N) is 2. The molecule has 0 aromatic heterocycles. The molecule has 4 aromatic rings. The molecule has 8 heteroatoms. The molecular weight excluding hydrogens is 619 g/mol. The summed E-state index contributed by atoms with van der Waals surface area (Å²) in [5, 5.41) is 35.9. The van der Waals surface area contributed by atoms with Crippen LogP contribution in [0.4, 0.5) is 5.69 Å². The van der Waals surface area contributed by atoms with Crippen LogP contribution in [-0.2, 0) is 4.79 Å². The van der Waals surface area contributed by atoms with Crippen molar-refractivity contribution in [1.82, 2.24) is 4.90 Å². The number of nitro benzene ring substituents is 1. The molecule has 0 heterocycles. The van der Waals surface area contributed by atoms with Gasteiger partial charge in [-0.25, -0.2) is 0 Å². The van der Waals surface area contributed by atoms with E-state index in [1.54, 1.807) is 7.05 Å². The van der Waals surface area contributed by atoms with Gasteiger partial charge in [-0.2, -0.15) is 0 Å². The second kappa shape index (κ2) is 19.2. The number of nitro groups is 1. The van der Waals surface area contributed by atoms with Gasteiger partial charge >= 0.3 is 0 Å². The van der Waals surface area contributed by atoms with E-state index in [1.807, 2.05) is 0 Å². The van der Waals surface area contributed by atoms with Crippen LogP contribution in [0.1, 0.15) is 75.9 Å². The summed E-state index contributed by atoms with van der Waals surface area (Å²) in [5.41, 5.74) is 0.341. The van der Waals surface area contributed by atoms with Crippen LogP contribution in [0.5, 0.6) is 0 Å². The maximum absolute atomic E-state index is 12.8. The van der Waals surface area contributed by atoms with Crippen LogP contribution in [0, 0.1) is 10.1 Å². The van der Waals surface area contributed by atoms with Gasteiger partial charge < -0.3 is 15.1 Å². The zero-order chi connectivity index (χ0) is 34.2. The highest BCUT2D eigenvalue weighted by Crippen LogP contribution is 2.56. The molecular formula is C40H50N2O5P+. The number of carbonyl (C=O) groups excluding carboxylic acids is 1. The van der Waals surface area contributed by atoms with Crippen LogP contribution in [0.2, 0.25) is 0 Å². The lowest BCUT2D eigenvalue weighted by molar-refractivity contribution is -0.384. The van der Waals surface area contributed by atoms with E-state index in [-0.39, 0.29) is 11.6 Å². The molecule has 0 aliphatic carbocycles. The molecule has 0 saturated carbocycles. The first-order chi connectivity index (χ1) is 23.4. The molecule has 0 fully saturated rings. The minimum Gasteiger partial charge on any atom is -0.394 e. The van der Waals surface area contributed by atoms with Crippen LogP contribution < -0.4 is 15.9 Å². The second-order valence-corrected chi connectivity index (χ2v) is 16.1. The molecule has 4 aromatic carbocycles. The number of hydrogen-bond acceptors (Lipinski definition) is 5. The maximum Gasteiger partial charge on any atom is 0.269 e. The highest BCUT2D eigenvalue weighted by atomic mass is 31.2. The van der Waals surface area contributed by atoms with Gasteiger partial charge in [0.2, 0.25) is 5.91 Å². The summed E-state index contributed by atoms with van der Waals surface area (Å²) >= 11 is 0. The van der Waals surface area contributed by atoms with Crippen molar-refractivity contribution < 1.29 is 19.9 Å². The van der Waals surface area contributed by atoms with E-state index in [4.69, 9.17) is 0 Å². The number of likely N-dealkylation sites (N-methyl/N-ethyl adjacent to an activating group) is 1. The number of unbranched alkanes of at least 4 members (excludes halogenated alkanes) is 8. The Kier molecular flexibility index (Phi) is 14.8. The summed E-state index contributed by atoms with van der Waals surface area (Å²) in [7, 11) is -0.172. The van der Waals surface area contributed by atoms with Gasteiger partial charge in [-0.05, 0) is 73.4 Å². The van der Waals surface area contributed by atoms with E-state index in [1.165, 1.54) is 77.2 Å². The van der Waals surface area contributed by atoms with E-state index in [0.29, 0.717) is 12.0 Å². The van der Waals surface area contributed by atoms with Crippen molar-refractivity contribution in [3.63, 3.8) is 0 Å². The van der Waals surface area contributed by atoms with E-state index >= 15 is 0 Å². The number of hydrogen-bond donors (Lipinski definition) is 2. The molecule has 254 valence electrons. The van der Waals surface area contributed by atoms with Crippen LogP contribution >= 0.6 is 7.26 Å². The van der Waals surface area contributed by atoms with Crippen molar-refractivity contribution in [3.8, 4) is 0 Å². The molecule has 2 N–H and O–H groups in total. The first-order valence-corrected chi connectivity index (χ1v) is 19.2. The van der Waals surface area contributed by atoms with Crippen molar-refractivity contribution >= 4 is 34.8 Å². The Morgan fingerprint density at radius 2 is 1.10 bits per heavy atom. The molecule has 4 rings (SSSR count). The zero-order valence-electron chi connectivity index (χ0n) is 28.1. The zero-order valence-corrected chi connectivity index (χ0v) is 29.0. The largest absolute Gasteiger partial charge is 0.394 e. The number of amides is 1. The fourth-order valence-electron chi connectivity index (χ4n) is 6.56. The molecule has 0 spiro atoms. The van der Waals surface area contributed by atoms with Gasteiger partial charge in [-0.1, -0.05) is 93.1 Å². The Labute approximate surface area is 286 Å². The third kappa shape index (κ3) is 9.82. The van der Waals surface area contributed by atoms with Gasteiger partial charge in [0.25, 0.3) is 5.69 Å². The fourth-order valence-corrected chi connectivity index (χ4v) is 11.0. The van der Waals surface area contributed by atoms with Crippen LogP contribution in [-0.4, -0.2) is 51.8 Å². The lowest BCUT2D eigenvalue weighted by Gasteiger charge is -2.31. The van der Waals surface area contributed by atoms with Crippen molar-refractivity contribution in [2.45, 2.75) is 76.4 Å². The summed E-state index contributed by atoms with van der Waals surface area (Å²) in [4.78, 5) is 24.6. The van der Waals surface area contributed by atoms with E-state index < -0.39 is 30.9 Å². The SMILES string of the molecule is CN(C(=O)CCCCCCCCCCC[P+](c1ccccc1)(c1ccccc1)c1ccccc1)C(CO)C(O)c1ccc([N+](=O)[O-])cc1. The molecule has 2 atom stereocenters. The van der Waals surface area contributed by atoms with Gasteiger partial charge in [0.05, 0.1) is 23.7 Å². The number of aliphatic hydroxyl groups excluding tert-OH is 2. The second-order valence-electron chi connectivity index (χ2n) is 12.5.